The van der Waals surface area contributed by atoms with Crippen molar-refractivity contribution < 1.29 is 14.7 Å². The molecule has 0 saturated heterocycles. The highest BCUT2D eigenvalue weighted by Gasteiger charge is 2.06. The first-order valence-corrected chi connectivity index (χ1v) is 8.43. The molecule has 0 aliphatic carbocycles. The van der Waals surface area contributed by atoms with Crippen molar-refractivity contribution in [3.05, 3.63) is 59.7 Å². The van der Waals surface area contributed by atoms with Crippen molar-refractivity contribution >= 4 is 23.3 Å². The highest BCUT2D eigenvalue weighted by Crippen LogP contribution is 2.10. The predicted molar refractivity (Wildman–Crippen MR) is 104 cm³/mol. The summed E-state index contributed by atoms with van der Waals surface area (Å²) >= 11 is 0. The van der Waals surface area contributed by atoms with E-state index in [4.69, 9.17) is 11.1 Å². The molecule has 0 heterocycles. The normalized spacial score (nSPS) is 10.1. The minimum absolute atomic E-state index is 0.00213. The van der Waals surface area contributed by atoms with E-state index in [2.05, 4.69) is 16.0 Å². The molecule has 0 radical (unpaired) electrons. The SMILES string of the molecule is N=C(N)c1cccc(NCC(=O)NCC(=O)NCCc2ccc(O)cc2)c1. The van der Waals surface area contributed by atoms with E-state index in [1.807, 2.05) is 0 Å². The van der Waals surface area contributed by atoms with Gasteiger partial charge < -0.3 is 26.8 Å². The van der Waals surface area contributed by atoms with Crippen molar-refractivity contribution in [2.75, 3.05) is 25.0 Å². The fourth-order valence-electron chi connectivity index (χ4n) is 2.29. The van der Waals surface area contributed by atoms with Gasteiger partial charge in [-0.2, -0.15) is 0 Å². The van der Waals surface area contributed by atoms with Crippen molar-refractivity contribution in [2.45, 2.75) is 6.42 Å². The Balaban J connectivity index is 1.64. The maximum absolute atomic E-state index is 11.8. The van der Waals surface area contributed by atoms with Gasteiger partial charge in [0.25, 0.3) is 0 Å². The van der Waals surface area contributed by atoms with Gasteiger partial charge in [-0.1, -0.05) is 24.3 Å². The van der Waals surface area contributed by atoms with Crippen molar-refractivity contribution in [2.24, 2.45) is 5.73 Å². The van der Waals surface area contributed by atoms with E-state index >= 15 is 0 Å². The lowest BCUT2D eigenvalue weighted by Crippen LogP contribution is -2.39. The molecule has 0 bridgehead atoms. The van der Waals surface area contributed by atoms with Crippen LogP contribution in [0.5, 0.6) is 5.75 Å². The average Bonchev–Trinajstić information content (AvgIpc) is 2.66. The molecular weight excluding hydrogens is 346 g/mol. The number of aromatic hydroxyl groups is 1. The lowest BCUT2D eigenvalue weighted by Gasteiger charge is -2.09. The monoisotopic (exact) mass is 369 g/mol. The highest BCUT2D eigenvalue weighted by atomic mass is 16.3. The Morgan fingerprint density at radius 3 is 2.41 bits per heavy atom. The van der Waals surface area contributed by atoms with Gasteiger partial charge in [0.05, 0.1) is 13.1 Å². The van der Waals surface area contributed by atoms with E-state index < -0.39 is 0 Å². The van der Waals surface area contributed by atoms with Gasteiger partial charge in [0.2, 0.25) is 11.8 Å². The van der Waals surface area contributed by atoms with Crippen molar-refractivity contribution in [3.63, 3.8) is 0 Å². The summed E-state index contributed by atoms with van der Waals surface area (Å²) in [6.45, 7) is 0.335. The summed E-state index contributed by atoms with van der Waals surface area (Å²) in [4.78, 5) is 23.6. The van der Waals surface area contributed by atoms with Crippen LogP contribution in [-0.2, 0) is 16.0 Å². The van der Waals surface area contributed by atoms with Crippen LogP contribution in [0.25, 0.3) is 0 Å². The number of nitrogens with two attached hydrogens (primary N) is 1. The first-order valence-electron chi connectivity index (χ1n) is 8.43. The molecule has 2 amide bonds. The molecule has 0 spiro atoms. The molecule has 7 N–H and O–H groups in total. The molecule has 0 saturated carbocycles. The molecule has 27 heavy (non-hydrogen) atoms. The van der Waals surface area contributed by atoms with Crippen LogP contribution < -0.4 is 21.7 Å². The number of anilines is 1. The number of nitrogens with one attached hydrogen (secondary N) is 4. The fraction of sp³-hybridized carbons (Fsp3) is 0.211. The summed E-state index contributed by atoms with van der Waals surface area (Å²) in [6, 6.07) is 13.6. The Kier molecular flexibility index (Phi) is 7.18. The van der Waals surface area contributed by atoms with Crippen LogP contribution in [0, 0.1) is 5.41 Å². The van der Waals surface area contributed by atoms with Gasteiger partial charge in [-0.15, -0.1) is 0 Å². The Hall–Kier alpha value is -3.55. The molecular formula is C19H23N5O3. The summed E-state index contributed by atoms with van der Waals surface area (Å²) in [6.07, 6.45) is 0.633. The summed E-state index contributed by atoms with van der Waals surface area (Å²) < 4.78 is 0. The van der Waals surface area contributed by atoms with Crippen LogP contribution in [0.4, 0.5) is 5.69 Å². The number of hydrogen-bond acceptors (Lipinski definition) is 5. The number of amidine groups is 1. The summed E-state index contributed by atoms with van der Waals surface area (Å²) in [5.74, 6) is -0.447. The molecule has 2 aromatic rings. The number of phenols is 1. The highest BCUT2D eigenvalue weighted by molar-refractivity contribution is 5.96. The van der Waals surface area contributed by atoms with Gasteiger partial charge in [0.15, 0.2) is 0 Å². The summed E-state index contributed by atoms with van der Waals surface area (Å²) in [5, 5.41) is 24.8. The van der Waals surface area contributed by atoms with Gasteiger partial charge in [0, 0.05) is 17.8 Å². The van der Waals surface area contributed by atoms with E-state index in [0.29, 0.717) is 24.2 Å². The zero-order valence-corrected chi connectivity index (χ0v) is 14.8. The van der Waals surface area contributed by atoms with E-state index in [1.54, 1.807) is 48.5 Å². The standard InChI is InChI=1S/C19H23N5O3/c20-19(21)14-2-1-3-15(10-14)23-11-18(27)24-12-17(26)22-9-8-13-4-6-16(25)7-5-13/h1-7,10,23,25H,8-9,11-12H2,(H3,20,21)(H,22,26)(H,24,27). The lowest BCUT2D eigenvalue weighted by molar-refractivity contribution is -0.125. The topological polar surface area (TPSA) is 140 Å². The number of carbonyl (C=O) groups excluding carboxylic acids is 2. The van der Waals surface area contributed by atoms with E-state index in [-0.39, 0.29) is 36.5 Å². The van der Waals surface area contributed by atoms with Crippen molar-refractivity contribution in [1.82, 2.24) is 10.6 Å². The predicted octanol–water partition coefficient (Wildman–Crippen LogP) is 0.563. The molecule has 0 atom stereocenters. The zero-order valence-electron chi connectivity index (χ0n) is 14.8. The van der Waals surface area contributed by atoms with E-state index in [0.717, 1.165) is 5.56 Å². The number of hydrogen-bond donors (Lipinski definition) is 6. The first-order chi connectivity index (χ1) is 12.9. The molecule has 0 aliphatic heterocycles. The van der Waals surface area contributed by atoms with Gasteiger partial charge in [0.1, 0.15) is 11.6 Å². The Morgan fingerprint density at radius 2 is 1.70 bits per heavy atom. The molecule has 142 valence electrons. The third kappa shape index (κ3) is 7.07. The van der Waals surface area contributed by atoms with Gasteiger partial charge in [-0.25, -0.2) is 0 Å². The quantitative estimate of drug-likeness (QED) is 0.283. The summed E-state index contributed by atoms with van der Waals surface area (Å²) in [5.41, 5.74) is 7.64. The van der Waals surface area contributed by atoms with Crippen LogP contribution in [0.3, 0.4) is 0 Å². The molecule has 8 nitrogen and oxygen atoms in total. The Morgan fingerprint density at radius 1 is 1.00 bits per heavy atom. The second-order valence-electron chi connectivity index (χ2n) is 5.89. The van der Waals surface area contributed by atoms with E-state index in [9.17, 15) is 14.7 Å². The van der Waals surface area contributed by atoms with Crippen LogP contribution in [0.1, 0.15) is 11.1 Å². The molecule has 0 aliphatic rings. The maximum atomic E-state index is 11.8. The number of nitrogen functional groups attached to an aromatic ring is 1. The van der Waals surface area contributed by atoms with E-state index in [1.165, 1.54) is 0 Å². The van der Waals surface area contributed by atoms with Crippen molar-refractivity contribution in [3.8, 4) is 5.75 Å². The second-order valence-corrected chi connectivity index (χ2v) is 5.89. The third-order valence-electron chi connectivity index (χ3n) is 3.74. The number of amides is 2. The molecule has 8 heteroatoms. The number of carbonyl (C=O) groups is 2. The third-order valence-corrected chi connectivity index (χ3v) is 3.74. The number of benzene rings is 2. The minimum Gasteiger partial charge on any atom is -0.508 e. The lowest BCUT2D eigenvalue weighted by atomic mass is 10.1. The Bertz CT molecular complexity index is 805. The molecule has 2 aromatic carbocycles. The number of rotatable bonds is 9. The fourth-order valence-corrected chi connectivity index (χ4v) is 2.29. The van der Waals surface area contributed by atoms with Gasteiger partial charge in [-0.05, 0) is 36.2 Å². The van der Waals surface area contributed by atoms with Gasteiger partial charge >= 0.3 is 0 Å². The molecule has 2 rings (SSSR count). The largest absolute Gasteiger partial charge is 0.508 e. The average molecular weight is 369 g/mol. The zero-order chi connectivity index (χ0) is 19.6. The number of phenolic OH excluding ortho intramolecular Hbond substituents is 1. The second kappa shape index (κ2) is 9.81. The maximum Gasteiger partial charge on any atom is 0.239 e. The van der Waals surface area contributed by atoms with Crippen LogP contribution in [0.15, 0.2) is 48.5 Å². The van der Waals surface area contributed by atoms with Crippen LogP contribution in [-0.4, -0.2) is 42.4 Å². The Labute approximate surface area is 157 Å². The molecule has 0 fully saturated rings. The smallest absolute Gasteiger partial charge is 0.239 e. The minimum atomic E-state index is -0.322. The van der Waals surface area contributed by atoms with Crippen molar-refractivity contribution in [1.29, 1.82) is 5.41 Å². The van der Waals surface area contributed by atoms with Crippen LogP contribution in [0.2, 0.25) is 0 Å². The van der Waals surface area contributed by atoms with Crippen LogP contribution >= 0.6 is 0 Å². The van der Waals surface area contributed by atoms with Gasteiger partial charge in [-0.3, -0.25) is 15.0 Å². The summed E-state index contributed by atoms with van der Waals surface area (Å²) in [7, 11) is 0. The molecule has 0 unspecified atom stereocenters. The first kappa shape index (κ1) is 19.8. The molecule has 0 aromatic heterocycles.